The van der Waals surface area contributed by atoms with E-state index in [2.05, 4.69) is 5.32 Å². The van der Waals surface area contributed by atoms with E-state index in [9.17, 15) is 14.4 Å². The molecule has 1 aromatic carbocycles. The summed E-state index contributed by atoms with van der Waals surface area (Å²) in [4.78, 5) is 37.2. The molecule has 30 heavy (non-hydrogen) atoms. The van der Waals surface area contributed by atoms with Crippen LogP contribution in [0.15, 0.2) is 18.2 Å². The lowest BCUT2D eigenvalue weighted by molar-refractivity contribution is -0.139. The number of hydrogen-bond donors (Lipinski definition) is 1. The number of hydrogen-bond acceptors (Lipinski definition) is 6. The Morgan fingerprint density at radius 2 is 1.23 bits per heavy atom. The molecule has 168 valence electrons. The van der Waals surface area contributed by atoms with E-state index in [1.165, 1.54) is 12.1 Å². The Bertz CT molecular complexity index is 776. The molecule has 1 N–H and O–H groups in total. The van der Waals surface area contributed by atoms with Crippen molar-refractivity contribution < 1.29 is 23.9 Å². The van der Waals surface area contributed by atoms with Crippen LogP contribution >= 0.6 is 0 Å². The maximum Gasteiger partial charge on any atom is 0.311 e. The number of ether oxygens (including phenoxy) is 2. The van der Waals surface area contributed by atoms with Crippen molar-refractivity contribution in [3.63, 3.8) is 0 Å². The van der Waals surface area contributed by atoms with Crippen molar-refractivity contribution in [3.8, 4) is 11.5 Å². The molecule has 0 aromatic heterocycles. The topological polar surface area (TPSA) is 81.7 Å². The number of carbonyl (C=O) groups is 3. The van der Waals surface area contributed by atoms with Crippen LogP contribution in [0.5, 0.6) is 11.5 Å². The predicted octanol–water partition coefficient (Wildman–Crippen LogP) is 4.94. The molecule has 1 aromatic rings. The Morgan fingerprint density at radius 1 is 0.767 bits per heavy atom. The van der Waals surface area contributed by atoms with Gasteiger partial charge in [-0.2, -0.15) is 0 Å². The van der Waals surface area contributed by atoms with Crippen molar-refractivity contribution in [1.29, 1.82) is 0 Å². The average Bonchev–Trinajstić information content (AvgIpc) is 2.49. The lowest BCUT2D eigenvalue weighted by atomic mass is 9.92. The first-order chi connectivity index (χ1) is 13.5. The highest BCUT2D eigenvalue weighted by molar-refractivity contribution is 5.98. The Kier molecular flexibility index (Phi) is 8.38. The van der Waals surface area contributed by atoms with Gasteiger partial charge in [0.1, 0.15) is 0 Å². The molecule has 0 radical (unpaired) electrons. The van der Waals surface area contributed by atoms with Crippen LogP contribution in [0.3, 0.4) is 0 Å². The summed E-state index contributed by atoms with van der Waals surface area (Å²) in [6.07, 6.45) is 0.394. The van der Waals surface area contributed by atoms with E-state index in [0.717, 1.165) is 0 Å². The van der Waals surface area contributed by atoms with E-state index in [1.807, 2.05) is 62.3 Å². The maximum atomic E-state index is 12.6. The molecule has 0 heterocycles. The second-order valence-electron chi connectivity index (χ2n) is 11.1. The molecular weight excluding hydrogens is 382 g/mol. The van der Waals surface area contributed by atoms with Crippen molar-refractivity contribution in [3.05, 3.63) is 23.8 Å². The zero-order chi connectivity index (χ0) is 23.3. The molecule has 0 amide bonds. The number of esters is 2. The van der Waals surface area contributed by atoms with Crippen molar-refractivity contribution in [2.75, 3.05) is 6.54 Å². The van der Waals surface area contributed by atoms with Gasteiger partial charge in [0.25, 0.3) is 0 Å². The molecule has 0 aliphatic carbocycles. The van der Waals surface area contributed by atoms with Crippen LogP contribution in [0.2, 0.25) is 0 Å². The van der Waals surface area contributed by atoms with Gasteiger partial charge >= 0.3 is 11.9 Å². The summed E-state index contributed by atoms with van der Waals surface area (Å²) in [5, 5.41) is 3.14. The Balaban J connectivity index is 3.12. The van der Waals surface area contributed by atoms with Gasteiger partial charge in [-0.25, -0.2) is 0 Å². The predicted molar refractivity (Wildman–Crippen MR) is 118 cm³/mol. The van der Waals surface area contributed by atoms with Crippen LogP contribution < -0.4 is 14.8 Å². The van der Waals surface area contributed by atoms with E-state index >= 15 is 0 Å². The maximum absolute atomic E-state index is 12.6. The first-order valence-corrected chi connectivity index (χ1v) is 10.3. The number of ketones is 1. The summed E-state index contributed by atoms with van der Waals surface area (Å²) in [5.74, 6) is -0.817. The molecule has 0 aliphatic heterocycles. The third kappa shape index (κ3) is 10.5. The third-order valence-corrected chi connectivity index (χ3v) is 3.84. The minimum atomic E-state index is -0.451. The number of rotatable bonds is 7. The van der Waals surface area contributed by atoms with Crippen LogP contribution in [-0.4, -0.2) is 29.8 Å². The highest BCUT2D eigenvalue weighted by atomic mass is 16.6. The normalized spacial score (nSPS) is 12.4. The number of Topliss-reactive ketones (excluding diaryl/α,β-unsaturated/α-hetero) is 1. The fraction of sp³-hybridized carbons (Fsp3) is 0.625. The molecule has 1 rings (SSSR count). The summed E-state index contributed by atoms with van der Waals surface area (Å²) in [5.41, 5.74) is -0.333. The molecular formula is C24H37NO5. The van der Waals surface area contributed by atoms with Crippen LogP contribution in [-0.2, 0) is 9.59 Å². The number of carbonyl (C=O) groups excluding carboxylic acids is 3. The highest BCUT2D eigenvalue weighted by Crippen LogP contribution is 2.31. The SMILES string of the molecule is CC(C)(C)CC(=O)Oc1ccc(C(=O)CNC(C)(C)C)cc1OC(=O)CC(C)(C)C. The summed E-state index contributed by atoms with van der Waals surface area (Å²) in [6.45, 7) is 17.6. The molecule has 0 saturated carbocycles. The van der Waals surface area contributed by atoms with Gasteiger partial charge in [0.05, 0.1) is 19.4 Å². The second-order valence-corrected chi connectivity index (χ2v) is 11.1. The molecule has 6 nitrogen and oxygen atoms in total. The molecule has 0 bridgehead atoms. The van der Waals surface area contributed by atoms with Crippen molar-refractivity contribution in [1.82, 2.24) is 5.32 Å². The molecule has 0 fully saturated rings. The van der Waals surface area contributed by atoms with Crippen LogP contribution in [0, 0.1) is 10.8 Å². The van der Waals surface area contributed by atoms with E-state index in [4.69, 9.17) is 9.47 Å². The van der Waals surface area contributed by atoms with Crippen LogP contribution in [0.1, 0.15) is 85.5 Å². The first kappa shape index (κ1) is 25.8. The lowest BCUT2D eigenvalue weighted by Crippen LogP contribution is -2.39. The standard InChI is InChI=1S/C24H37NO5/c1-22(2,3)13-20(27)29-18-11-10-16(17(26)15-25-24(7,8)9)12-19(18)30-21(28)14-23(4,5)6/h10-12,25H,13-15H2,1-9H3. The zero-order valence-corrected chi connectivity index (χ0v) is 19.9. The fourth-order valence-corrected chi connectivity index (χ4v) is 2.48. The average molecular weight is 420 g/mol. The van der Waals surface area contributed by atoms with E-state index in [1.54, 1.807) is 6.07 Å². The fourth-order valence-electron chi connectivity index (χ4n) is 2.48. The molecule has 6 heteroatoms. The van der Waals surface area contributed by atoms with Gasteiger partial charge in [0.2, 0.25) is 0 Å². The van der Waals surface area contributed by atoms with E-state index in [-0.39, 0.29) is 53.0 Å². The Hall–Kier alpha value is -2.21. The third-order valence-electron chi connectivity index (χ3n) is 3.84. The minimum Gasteiger partial charge on any atom is -0.422 e. The van der Waals surface area contributed by atoms with Gasteiger partial charge in [-0.05, 0) is 49.8 Å². The van der Waals surface area contributed by atoms with Crippen LogP contribution in [0.25, 0.3) is 0 Å². The highest BCUT2D eigenvalue weighted by Gasteiger charge is 2.23. The zero-order valence-electron chi connectivity index (χ0n) is 19.9. The minimum absolute atomic E-state index is 0.0770. The molecule has 0 unspecified atom stereocenters. The summed E-state index contributed by atoms with van der Waals surface area (Å²) in [7, 11) is 0. The van der Waals surface area contributed by atoms with Crippen molar-refractivity contribution in [2.24, 2.45) is 10.8 Å². The Labute approximate surface area is 180 Å². The summed E-state index contributed by atoms with van der Waals surface area (Å²) >= 11 is 0. The van der Waals surface area contributed by atoms with Gasteiger partial charge in [-0.3, -0.25) is 14.4 Å². The molecule has 0 saturated heterocycles. The van der Waals surface area contributed by atoms with Crippen LogP contribution in [0.4, 0.5) is 0 Å². The first-order valence-electron chi connectivity index (χ1n) is 10.3. The smallest absolute Gasteiger partial charge is 0.311 e. The summed E-state index contributed by atoms with van der Waals surface area (Å²) in [6, 6.07) is 4.55. The van der Waals surface area contributed by atoms with Crippen molar-refractivity contribution >= 4 is 17.7 Å². The quantitative estimate of drug-likeness (QED) is 0.383. The summed E-state index contributed by atoms with van der Waals surface area (Å²) < 4.78 is 11.0. The van der Waals surface area contributed by atoms with E-state index < -0.39 is 11.9 Å². The largest absolute Gasteiger partial charge is 0.422 e. The van der Waals surface area contributed by atoms with E-state index in [0.29, 0.717) is 5.56 Å². The molecule has 0 aliphatic rings. The number of benzene rings is 1. The van der Waals surface area contributed by atoms with Gasteiger partial charge < -0.3 is 14.8 Å². The van der Waals surface area contributed by atoms with Gasteiger partial charge in [-0.15, -0.1) is 0 Å². The van der Waals surface area contributed by atoms with Gasteiger partial charge in [-0.1, -0.05) is 41.5 Å². The monoisotopic (exact) mass is 419 g/mol. The Morgan fingerprint density at radius 3 is 1.67 bits per heavy atom. The molecule has 0 atom stereocenters. The van der Waals surface area contributed by atoms with Gasteiger partial charge in [0, 0.05) is 11.1 Å². The molecule has 0 spiro atoms. The number of nitrogens with one attached hydrogen (secondary N) is 1. The van der Waals surface area contributed by atoms with Crippen molar-refractivity contribution in [2.45, 2.75) is 80.7 Å². The lowest BCUT2D eigenvalue weighted by Gasteiger charge is -2.20. The second kappa shape index (κ2) is 9.73. The van der Waals surface area contributed by atoms with Gasteiger partial charge in [0.15, 0.2) is 17.3 Å².